The lowest BCUT2D eigenvalue weighted by atomic mass is 10.0. The Morgan fingerprint density at radius 3 is 2.79 bits per heavy atom. The van der Waals surface area contributed by atoms with Crippen LogP contribution in [0.4, 0.5) is 0 Å². The molecule has 2 fully saturated rings. The highest BCUT2D eigenvalue weighted by Gasteiger charge is 2.32. The predicted octanol–water partition coefficient (Wildman–Crippen LogP) is 1.22. The fourth-order valence-electron chi connectivity index (χ4n) is 2.04. The second-order valence-electron chi connectivity index (χ2n) is 3.99. The Morgan fingerprint density at radius 1 is 1.29 bits per heavy atom. The van der Waals surface area contributed by atoms with Crippen LogP contribution in [0.1, 0.15) is 19.3 Å². The lowest BCUT2D eigenvalue weighted by molar-refractivity contribution is -0.0985. The van der Waals surface area contributed by atoms with Gasteiger partial charge in [0, 0.05) is 5.92 Å². The van der Waals surface area contributed by atoms with Gasteiger partial charge in [0.05, 0.1) is 12.7 Å². The molecule has 0 radical (unpaired) electrons. The van der Waals surface area contributed by atoms with Gasteiger partial charge in [-0.15, -0.1) is 0 Å². The molecule has 2 atom stereocenters. The Labute approximate surface area is 89.7 Å². The van der Waals surface area contributed by atoms with Crippen molar-refractivity contribution in [2.75, 3.05) is 24.7 Å². The largest absolute Gasteiger partial charge is 0.350 e. The Bertz CT molecular complexity index is 174. The second kappa shape index (κ2) is 5.35. The summed E-state index contributed by atoms with van der Waals surface area (Å²) in [6.45, 7) is 1.44. The van der Waals surface area contributed by atoms with Crippen molar-refractivity contribution < 1.29 is 9.47 Å². The van der Waals surface area contributed by atoms with Crippen molar-refractivity contribution in [3.63, 3.8) is 0 Å². The summed E-state index contributed by atoms with van der Waals surface area (Å²) in [5.41, 5.74) is 5.49. The van der Waals surface area contributed by atoms with Gasteiger partial charge >= 0.3 is 0 Å². The maximum atomic E-state index is 5.83. The summed E-state index contributed by atoms with van der Waals surface area (Å²) >= 11 is 2.04. The van der Waals surface area contributed by atoms with Crippen LogP contribution in [0, 0.1) is 5.92 Å². The summed E-state index contributed by atoms with van der Waals surface area (Å²) in [6, 6.07) is 0. The number of rotatable bonds is 3. The molecule has 0 aromatic heterocycles. The van der Waals surface area contributed by atoms with Gasteiger partial charge in [0.25, 0.3) is 0 Å². The fraction of sp³-hybridized carbons (Fsp3) is 1.00. The molecule has 2 aliphatic rings. The fourth-order valence-corrected chi connectivity index (χ4v) is 3.19. The molecule has 2 heterocycles. The summed E-state index contributed by atoms with van der Waals surface area (Å²) in [5, 5.41) is 0. The van der Waals surface area contributed by atoms with Gasteiger partial charge in [-0.05, 0) is 37.3 Å². The van der Waals surface area contributed by atoms with Crippen molar-refractivity contribution in [3.8, 4) is 0 Å². The van der Waals surface area contributed by atoms with Gasteiger partial charge < -0.3 is 15.2 Å². The van der Waals surface area contributed by atoms with Crippen LogP contribution in [0.2, 0.25) is 0 Å². The molecule has 14 heavy (non-hydrogen) atoms. The molecular weight excluding hydrogens is 198 g/mol. The molecule has 0 saturated carbocycles. The molecule has 2 rings (SSSR count). The average Bonchev–Trinajstić information content (AvgIpc) is 2.68. The van der Waals surface area contributed by atoms with E-state index >= 15 is 0 Å². The first-order chi connectivity index (χ1) is 6.90. The first-order valence-electron chi connectivity index (χ1n) is 5.45. The predicted molar refractivity (Wildman–Crippen MR) is 58.3 cm³/mol. The number of ether oxygens (including phenoxy) is 2. The van der Waals surface area contributed by atoms with Gasteiger partial charge in [0.2, 0.25) is 0 Å². The third kappa shape index (κ3) is 2.63. The molecule has 82 valence electrons. The van der Waals surface area contributed by atoms with Crippen LogP contribution in [0.5, 0.6) is 0 Å². The van der Waals surface area contributed by atoms with E-state index in [1.807, 2.05) is 11.8 Å². The molecule has 2 N–H and O–H groups in total. The van der Waals surface area contributed by atoms with Crippen LogP contribution in [0.3, 0.4) is 0 Å². The molecule has 3 nitrogen and oxygen atoms in total. The molecular formula is C10H19NO2S. The maximum Gasteiger partial charge on any atom is 0.161 e. The highest BCUT2D eigenvalue weighted by Crippen LogP contribution is 2.31. The lowest BCUT2D eigenvalue weighted by Gasteiger charge is -2.25. The van der Waals surface area contributed by atoms with Crippen molar-refractivity contribution in [1.29, 1.82) is 0 Å². The zero-order valence-corrected chi connectivity index (χ0v) is 9.30. The monoisotopic (exact) mass is 217 g/mol. The van der Waals surface area contributed by atoms with Crippen molar-refractivity contribution in [3.05, 3.63) is 0 Å². The van der Waals surface area contributed by atoms with Crippen LogP contribution >= 0.6 is 11.8 Å². The topological polar surface area (TPSA) is 44.5 Å². The van der Waals surface area contributed by atoms with E-state index in [0.717, 1.165) is 13.0 Å². The molecule has 0 amide bonds. The third-order valence-corrected chi connectivity index (χ3v) is 3.96. The maximum absolute atomic E-state index is 5.83. The minimum absolute atomic E-state index is 0.0625. The molecule has 4 heteroatoms. The average molecular weight is 217 g/mol. The summed E-state index contributed by atoms with van der Waals surface area (Å²) < 4.78 is 11.5. The molecule has 0 aromatic carbocycles. The summed E-state index contributed by atoms with van der Waals surface area (Å²) in [6.07, 6.45) is 3.72. The minimum Gasteiger partial charge on any atom is -0.350 e. The van der Waals surface area contributed by atoms with Gasteiger partial charge in [-0.25, -0.2) is 0 Å². The highest BCUT2D eigenvalue weighted by molar-refractivity contribution is 7.99. The molecule has 0 bridgehead atoms. The number of thioether (sulfide) groups is 1. The SMILES string of the molecule is NCCC1COC(C2CCSCC2)O1. The molecule has 2 saturated heterocycles. The summed E-state index contributed by atoms with van der Waals surface area (Å²) in [5.74, 6) is 3.14. The Hall–Kier alpha value is 0.230. The van der Waals surface area contributed by atoms with E-state index in [9.17, 15) is 0 Å². The van der Waals surface area contributed by atoms with Gasteiger partial charge in [0.1, 0.15) is 0 Å². The van der Waals surface area contributed by atoms with E-state index < -0.39 is 0 Å². The first-order valence-corrected chi connectivity index (χ1v) is 6.60. The summed E-state index contributed by atoms with van der Waals surface area (Å²) in [7, 11) is 0. The molecule has 0 aliphatic carbocycles. The van der Waals surface area contributed by atoms with Crippen LogP contribution in [0.15, 0.2) is 0 Å². The quantitative estimate of drug-likeness (QED) is 0.772. The van der Waals surface area contributed by atoms with E-state index in [1.54, 1.807) is 0 Å². The van der Waals surface area contributed by atoms with Crippen molar-refractivity contribution in [1.82, 2.24) is 0 Å². The number of hydrogen-bond acceptors (Lipinski definition) is 4. The molecule has 0 aromatic rings. The van der Waals surface area contributed by atoms with Gasteiger partial charge in [-0.2, -0.15) is 11.8 Å². The van der Waals surface area contributed by atoms with Gasteiger partial charge in [-0.3, -0.25) is 0 Å². The second-order valence-corrected chi connectivity index (χ2v) is 5.21. The van der Waals surface area contributed by atoms with Crippen LogP contribution in [-0.2, 0) is 9.47 Å². The standard InChI is InChI=1S/C10H19NO2S/c11-4-1-9-7-12-10(13-9)8-2-5-14-6-3-8/h8-10H,1-7,11H2. The summed E-state index contributed by atoms with van der Waals surface area (Å²) in [4.78, 5) is 0. The highest BCUT2D eigenvalue weighted by atomic mass is 32.2. The Morgan fingerprint density at radius 2 is 2.07 bits per heavy atom. The third-order valence-electron chi connectivity index (χ3n) is 2.91. The Balaban J connectivity index is 1.76. The zero-order valence-electron chi connectivity index (χ0n) is 8.48. The molecule has 2 aliphatic heterocycles. The first kappa shape index (κ1) is 10.7. The number of nitrogens with two attached hydrogens (primary N) is 1. The van der Waals surface area contributed by atoms with Gasteiger partial charge in [-0.1, -0.05) is 0 Å². The van der Waals surface area contributed by atoms with E-state index in [0.29, 0.717) is 12.5 Å². The minimum atomic E-state index is 0.0625. The zero-order chi connectivity index (χ0) is 9.80. The Kier molecular flexibility index (Phi) is 4.10. The molecule has 0 spiro atoms. The van der Waals surface area contributed by atoms with Crippen LogP contribution in [0.25, 0.3) is 0 Å². The van der Waals surface area contributed by atoms with Crippen LogP contribution in [-0.4, -0.2) is 37.1 Å². The van der Waals surface area contributed by atoms with Crippen molar-refractivity contribution in [2.45, 2.75) is 31.7 Å². The van der Waals surface area contributed by atoms with E-state index in [4.69, 9.17) is 15.2 Å². The van der Waals surface area contributed by atoms with Crippen molar-refractivity contribution in [2.24, 2.45) is 11.7 Å². The number of hydrogen-bond donors (Lipinski definition) is 1. The van der Waals surface area contributed by atoms with Gasteiger partial charge in [0.15, 0.2) is 6.29 Å². The molecule has 2 unspecified atom stereocenters. The van der Waals surface area contributed by atoms with E-state index in [2.05, 4.69) is 0 Å². The normalized spacial score (nSPS) is 34.9. The van der Waals surface area contributed by atoms with Crippen LogP contribution < -0.4 is 5.73 Å². The smallest absolute Gasteiger partial charge is 0.161 e. The lowest BCUT2D eigenvalue weighted by Crippen LogP contribution is -2.26. The van der Waals surface area contributed by atoms with Crippen molar-refractivity contribution >= 4 is 11.8 Å². The van der Waals surface area contributed by atoms with E-state index in [-0.39, 0.29) is 12.4 Å². The van der Waals surface area contributed by atoms with E-state index in [1.165, 1.54) is 24.3 Å².